The van der Waals surface area contributed by atoms with Gasteiger partial charge in [-0.15, -0.1) is 0 Å². The Hall–Kier alpha value is -1.51. The number of carbonyl (C=O) groups is 1. The lowest BCUT2D eigenvalue weighted by Gasteiger charge is -2.32. The van der Waals surface area contributed by atoms with Gasteiger partial charge < -0.3 is 9.47 Å². The van der Waals surface area contributed by atoms with Crippen molar-refractivity contribution in [3.63, 3.8) is 0 Å². The van der Waals surface area contributed by atoms with E-state index in [1.54, 1.807) is 26.0 Å². The number of ether oxygens (including phenoxy) is 2. The third kappa shape index (κ3) is 3.93. The molecule has 16 heavy (non-hydrogen) atoms. The molecule has 90 valence electrons. The molecular weight excluding hydrogens is 204 g/mol. The fraction of sp³-hybridized carbons (Fsp3) is 0.462. The summed E-state index contributed by atoms with van der Waals surface area (Å²) in [4.78, 5) is 11.3. The third-order valence-electron chi connectivity index (χ3n) is 1.68. The van der Waals surface area contributed by atoms with Crippen molar-refractivity contribution >= 4 is 5.97 Å². The first kappa shape index (κ1) is 14.5. The first-order valence-corrected chi connectivity index (χ1v) is 5.41. The average molecular weight is 224 g/mol. The minimum absolute atomic E-state index is 0.252. The molecule has 1 aliphatic heterocycles. The highest BCUT2D eigenvalue weighted by Gasteiger charge is 2.34. The summed E-state index contributed by atoms with van der Waals surface area (Å²) in [7, 11) is 0. The van der Waals surface area contributed by atoms with E-state index in [0.29, 0.717) is 5.76 Å². The summed E-state index contributed by atoms with van der Waals surface area (Å²) >= 11 is 0. The molecule has 0 atom stereocenters. The fourth-order valence-corrected chi connectivity index (χ4v) is 1.05. The Morgan fingerprint density at radius 3 is 2.31 bits per heavy atom. The van der Waals surface area contributed by atoms with Crippen LogP contribution in [0.2, 0.25) is 0 Å². The Morgan fingerprint density at radius 1 is 1.25 bits per heavy atom. The van der Waals surface area contributed by atoms with Crippen molar-refractivity contribution in [2.45, 2.75) is 40.4 Å². The van der Waals surface area contributed by atoms with Crippen molar-refractivity contribution in [2.75, 3.05) is 0 Å². The number of rotatable bonds is 1. The van der Waals surface area contributed by atoms with Gasteiger partial charge in [-0.3, -0.25) is 0 Å². The van der Waals surface area contributed by atoms with E-state index in [2.05, 4.69) is 6.58 Å². The lowest BCUT2D eigenvalue weighted by molar-refractivity contribution is -0.208. The van der Waals surface area contributed by atoms with Crippen molar-refractivity contribution in [1.29, 1.82) is 0 Å². The molecule has 0 aromatic carbocycles. The van der Waals surface area contributed by atoms with E-state index in [1.807, 2.05) is 26.8 Å². The molecular formula is C13H20O3. The molecule has 1 aliphatic rings. The maximum atomic E-state index is 11.3. The molecule has 0 unspecified atom stereocenters. The summed E-state index contributed by atoms with van der Waals surface area (Å²) in [5.41, 5.74) is 0.252. The molecule has 3 heteroatoms. The Labute approximate surface area is 97.4 Å². The molecule has 0 N–H and O–H groups in total. The van der Waals surface area contributed by atoms with E-state index in [1.165, 1.54) is 0 Å². The highest BCUT2D eigenvalue weighted by atomic mass is 16.7. The Balaban J connectivity index is 0.00000106. The Kier molecular flexibility index (Phi) is 5.57. The van der Waals surface area contributed by atoms with Gasteiger partial charge in [0.25, 0.3) is 0 Å². The zero-order valence-corrected chi connectivity index (χ0v) is 10.7. The molecule has 0 aromatic heterocycles. The van der Waals surface area contributed by atoms with Crippen LogP contribution in [-0.4, -0.2) is 11.8 Å². The number of hydrogen-bond donors (Lipinski definition) is 0. The third-order valence-corrected chi connectivity index (χ3v) is 1.68. The van der Waals surface area contributed by atoms with E-state index >= 15 is 0 Å². The second kappa shape index (κ2) is 6.16. The van der Waals surface area contributed by atoms with Crippen LogP contribution in [0.4, 0.5) is 0 Å². The van der Waals surface area contributed by atoms with Gasteiger partial charge in [0.2, 0.25) is 5.79 Å². The highest BCUT2D eigenvalue weighted by molar-refractivity contribution is 5.93. The minimum Gasteiger partial charge on any atom is -0.452 e. The van der Waals surface area contributed by atoms with Crippen molar-refractivity contribution in [3.05, 3.63) is 36.1 Å². The molecule has 1 fully saturated rings. The van der Waals surface area contributed by atoms with Crippen LogP contribution in [0.25, 0.3) is 0 Å². The minimum atomic E-state index is -0.911. The lowest BCUT2D eigenvalue weighted by atomic mass is 10.2. The summed E-state index contributed by atoms with van der Waals surface area (Å²) in [6.07, 6.45) is 5.33. The van der Waals surface area contributed by atoms with Gasteiger partial charge in [0.15, 0.2) is 0 Å². The van der Waals surface area contributed by atoms with E-state index < -0.39 is 11.8 Å². The van der Waals surface area contributed by atoms with Gasteiger partial charge >= 0.3 is 5.97 Å². The number of carbonyl (C=O) groups excluding carboxylic acids is 1. The highest BCUT2D eigenvalue weighted by Crippen LogP contribution is 2.28. The Morgan fingerprint density at radius 2 is 1.81 bits per heavy atom. The predicted molar refractivity (Wildman–Crippen MR) is 64.6 cm³/mol. The molecule has 0 amide bonds. The van der Waals surface area contributed by atoms with Gasteiger partial charge in [-0.2, -0.15) is 0 Å². The monoisotopic (exact) mass is 224 g/mol. The summed E-state index contributed by atoms with van der Waals surface area (Å²) in [5.74, 6) is -0.882. The number of hydrogen-bond acceptors (Lipinski definition) is 3. The van der Waals surface area contributed by atoms with Gasteiger partial charge in [-0.1, -0.05) is 32.6 Å². The van der Waals surface area contributed by atoms with E-state index in [0.717, 1.165) is 0 Å². The topological polar surface area (TPSA) is 35.5 Å². The number of allylic oxidation sites excluding steroid dienone is 3. The molecule has 1 saturated heterocycles. The standard InChI is InChI=1S/C11H14O3.C2H6/c1-5-6-7-9-8(2)10(12)14-11(3,4)13-9;1-2/h5-7H,2H2,1,3-4H3;1-2H3/b6-5-,9-7+;. The van der Waals surface area contributed by atoms with Gasteiger partial charge in [-0.25, -0.2) is 4.79 Å². The fourth-order valence-electron chi connectivity index (χ4n) is 1.05. The normalized spacial score (nSPS) is 21.2. The largest absolute Gasteiger partial charge is 0.452 e. The molecule has 0 aromatic rings. The van der Waals surface area contributed by atoms with Crippen LogP contribution >= 0.6 is 0 Å². The smallest absolute Gasteiger partial charge is 0.344 e. The zero-order chi connectivity index (χ0) is 12.8. The van der Waals surface area contributed by atoms with Crippen LogP contribution < -0.4 is 0 Å². The quantitative estimate of drug-likeness (QED) is 0.506. The van der Waals surface area contributed by atoms with Crippen molar-refractivity contribution in [2.24, 2.45) is 0 Å². The van der Waals surface area contributed by atoms with Crippen molar-refractivity contribution in [1.82, 2.24) is 0 Å². The second-order valence-electron chi connectivity index (χ2n) is 3.43. The van der Waals surface area contributed by atoms with Crippen LogP contribution in [0, 0.1) is 0 Å². The molecule has 0 bridgehead atoms. The van der Waals surface area contributed by atoms with Crippen LogP contribution in [0.3, 0.4) is 0 Å². The van der Waals surface area contributed by atoms with Gasteiger partial charge in [0.1, 0.15) is 5.76 Å². The van der Waals surface area contributed by atoms with Crippen LogP contribution in [0.15, 0.2) is 36.1 Å². The molecule has 1 rings (SSSR count). The predicted octanol–water partition coefficient (Wildman–Crippen LogP) is 3.34. The lowest BCUT2D eigenvalue weighted by Crippen LogP contribution is -2.37. The first-order chi connectivity index (χ1) is 7.46. The summed E-state index contributed by atoms with van der Waals surface area (Å²) in [6.45, 7) is 12.8. The summed E-state index contributed by atoms with van der Waals surface area (Å²) < 4.78 is 10.4. The molecule has 1 heterocycles. The molecule has 0 radical (unpaired) electrons. The molecule has 0 aliphatic carbocycles. The van der Waals surface area contributed by atoms with Crippen LogP contribution in [0.5, 0.6) is 0 Å². The average Bonchev–Trinajstić information content (AvgIpc) is 2.23. The SMILES string of the molecule is C=C1C(=O)OC(C)(C)O/C1=C/C=C\C.CC. The van der Waals surface area contributed by atoms with Gasteiger partial charge in [0.05, 0.1) is 5.57 Å². The molecule has 3 nitrogen and oxygen atoms in total. The second-order valence-corrected chi connectivity index (χ2v) is 3.43. The maximum absolute atomic E-state index is 11.3. The van der Waals surface area contributed by atoms with Crippen molar-refractivity contribution < 1.29 is 14.3 Å². The number of cyclic esters (lactones) is 1. The van der Waals surface area contributed by atoms with Gasteiger partial charge in [0, 0.05) is 13.8 Å². The van der Waals surface area contributed by atoms with E-state index in [-0.39, 0.29) is 5.57 Å². The molecule has 0 saturated carbocycles. The first-order valence-electron chi connectivity index (χ1n) is 5.41. The summed E-state index contributed by atoms with van der Waals surface area (Å²) in [6, 6.07) is 0. The van der Waals surface area contributed by atoms with E-state index in [9.17, 15) is 4.79 Å². The van der Waals surface area contributed by atoms with Gasteiger partial charge in [-0.05, 0) is 13.0 Å². The number of esters is 1. The Bertz CT molecular complexity index is 322. The molecule has 0 spiro atoms. The van der Waals surface area contributed by atoms with Crippen molar-refractivity contribution in [3.8, 4) is 0 Å². The maximum Gasteiger partial charge on any atom is 0.344 e. The van der Waals surface area contributed by atoms with E-state index in [4.69, 9.17) is 9.47 Å². The summed E-state index contributed by atoms with van der Waals surface area (Å²) in [5, 5.41) is 0. The van der Waals surface area contributed by atoms with Crippen LogP contribution in [0.1, 0.15) is 34.6 Å². The van der Waals surface area contributed by atoms with Crippen LogP contribution in [-0.2, 0) is 14.3 Å². The zero-order valence-electron chi connectivity index (χ0n) is 10.7.